The molecule has 17 heavy (non-hydrogen) atoms. The molecule has 0 aromatic carbocycles. The molecule has 1 heterocycles. The van der Waals surface area contributed by atoms with Gasteiger partial charge in [-0.2, -0.15) is 5.10 Å². The summed E-state index contributed by atoms with van der Waals surface area (Å²) in [7, 11) is 0. The summed E-state index contributed by atoms with van der Waals surface area (Å²) in [6.45, 7) is 9.24. The molecule has 1 aromatic heterocycles. The Morgan fingerprint density at radius 2 is 2.12 bits per heavy atom. The van der Waals surface area contributed by atoms with Gasteiger partial charge in [0.15, 0.2) is 0 Å². The molecule has 0 aliphatic carbocycles. The summed E-state index contributed by atoms with van der Waals surface area (Å²) in [6, 6.07) is 0. The van der Waals surface area contributed by atoms with Gasteiger partial charge in [0.25, 0.3) is 0 Å². The van der Waals surface area contributed by atoms with Crippen molar-refractivity contribution in [1.29, 1.82) is 0 Å². The van der Waals surface area contributed by atoms with Gasteiger partial charge in [-0.1, -0.05) is 0 Å². The van der Waals surface area contributed by atoms with Crippen molar-refractivity contribution < 1.29 is 9.84 Å². The number of nitrogens with zero attached hydrogens (tertiary/aromatic N) is 2. The molecular formula is C12H21BrN2O2. The fraction of sp³-hybridized carbons (Fsp3) is 0.750. The summed E-state index contributed by atoms with van der Waals surface area (Å²) in [6.07, 6.45) is -0.115. The number of aromatic nitrogens is 2. The van der Waals surface area contributed by atoms with Crippen LogP contribution in [0.25, 0.3) is 0 Å². The quantitative estimate of drug-likeness (QED) is 0.877. The molecule has 1 rings (SSSR count). The Hall–Kier alpha value is -0.390. The van der Waals surface area contributed by atoms with E-state index < -0.39 is 6.10 Å². The third kappa shape index (κ3) is 3.53. The zero-order chi connectivity index (χ0) is 13.0. The second-order valence-electron chi connectivity index (χ2n) is 4.09. The van der Waals surface area contributed by atoms with Crippen LogP contribution in [0.1, 0.15) is 32.2 Å². The Labute approximate surface area is 111 Å². The molecular weight excluding hydrogens is 284 g/mol. The average Bonchev–Trinajstić information content (AvgIpc) is 2.57. The molecule has 0 fully saturated rings. The number of aliphatic hydroxyl groups excluding tert-OH is 1. The van der Waals surface area contributed by atoms with Gasteiger partial charge in [0.2, 0.25) is 0 Å². The SMILES string of the molecule is CCOC(C)C(O)Cc1c(Br)c(C)nn1CC. The van der Waals surface area contributed by atoms with Crippen LogP contribution < -0.4 is 0 Å². The number of aryl methyl sites for hydroxylation is 2. The van der Waals surface area contributed by atoms with Gasteiger partial charge in [-0.3, -0.25) is 4.68 Å². The van der Waals surface area contributed by atoms with Gasteiger partial charge in [0.05, 0.1) is 28.1 Å². The molecule has 0 radical (unpaired) electrons. The van der Waals surface area contributed by atoms with Gasteiger partial charge >= 0.3 is 0 Å². The predicted octanol–water partition coefficient (Wildman–Crippen LogP) is 2.30. The monoisotopic (exact) mass is 304 g/mol. The second-order valence-corrected chi connectivity index (χ2v) is 4.89. The predicted molar refractivity (Wildman–Crippen MR) is 71.1 cm³/mol. The summed E-state index contributed by atoms with van der Waals surface area (Å²) in [5, 5.41) is 14.5. The van der Waals surface area contributed by atoms with Crippen molar-refractivity contribution in [3.63, 3.8) is 0 Å². The first-order chi connectivity index (χ1) is 8.01. The summed E-state index contributed by atoms with van der Waals surface area (Å²) in [5.74, 6) is 0. The normalized spacial score (nSPS) is 14.9. The largest absolute Gasteiger partial charge is 0.390 e. The molecule has 0 amide bonds. The summed E-state index contributed by atoms with van der Waals surface area (Å²) in [4.78, 5) is 0. The fourth-order valence-electron chi connectivity index (χ4n) is 1.80. The van der Waals surface area contributed by atoms with Gasteiger partial charge < -0.3 is 9.84 Å². The molecule has 0 aliphatic rings. The van der Waals surface area contributed by atoms with Gasteiger partial charge in [-0.25, -0.2) is 0 Å². The molecule has 0 spiro atoms. The van der Waals surface area contributed by atoms with Gasteiger partial charge in [0.1, 0.15) is 0 Å². The number of ether oxygens (including phenoxy) is 1. The molecule has 1 aromatic rings. The first kappa shape index (κ1) is 14.7. The van der Waals surface area contributed by atoms with E-state index in [0.717, 1.165) is 22.4 Å². The number of halogens is 1. The van der Waals surface area contributed by atoms with E-state index in [9.17, 15) is 5.11 Å². The molecule has 1 N–H and O–H groups in total. The van der Waals surface area contributed by atoms with Crippen LogP contribution in [0.15, 0.2) is 4.47 Å². The van der Waals surface area contributed by atoms with Crippen molar-refractivity contribution in [2.45, 2.75) is 52.9 Å². The highest BCUT2D eigenvalue weighted by Crippen LogP contribution is 2.23. The van der Waals surface area contributed by atoms with E-state index in [1.54, 1.807) is 0 Å². The van der Waals surface area contributed by atoms with Crippen molar-refractivity contribution in [2.24, 2.45) is 0 Å². The highest BCUT2D eigenvalue weighted by molar-refractivity contribution is 9.10. The molecule has 0 bridgehead atoms. The van der Waals surface area contributed by atoms with Crippen molar-refractivity contribution in [3.05, 3.63) is 15.9 Å². The van der Waals surface area contributed by atoms with Crippen LogP contribution >= 0.6 is 15.9 Å². The van der Waals surface area contributed by atoms with Crippen molar-refractivity contribution >= 4 is 15.9 Å². The average molecular weight is 305 g/mol. The van der Waals surface area contributed by atoms with Crippen LogP contribution in [0.2, 0.25) is 0 Å². The van der Waals surface area contributed by atoms with Crippen molar-refractivity contribution in [2.75, 3.05) is 6.61 Å². The minimum Gasteiger partial charge on any atom is -0.390 e. The molecule has 98 valence electrons. The van der Waals surface area contributed by atoms with Crippen LogP contribution in [0.4, 0.5) is 0 Å². The lowest BCUT2D eigenvalue weighted by Gasteiger charge is -2.19. The van der Waals surface area contributed by atoms with Crippen LogP contribution in [-0.2, 0) is 17.7 Å². The van der Waals surface area contributed by atoms with E-state index >= 15 is 0 Å². The lowest BCUT2D eigenvalue weighted by atomic mass is 10.1. The highest BCUT2D eigenvalue weighted by Gasteiger charge is 2.20. The van der Waals surface area contributed by atoms with Gasteiger partial charge in [-0.15, -0.1) is 0 Å². The number of hydrogen-bond donors (Lipinski definition) is 1. The van der Waals surface area contributed by atoms with Crippen LogP contribution in [0, 0.1) is 6.92 Å². The van der Waals surface area contributed by atoms with Gasteiger partial charge in [-0.05, 0) is 43.6 Å². The lowest BCUT2D eigenvalue weighted by Crippen LogP contribution is -2.29. The molecule has 0 saturated carbocycles. The molecule has 5 heteroatoms. The standard InChI is InChI=1S/C12H21BrN2O2/c1-5-15-10(12(13)8(3)14-15)7-11(16)9(4)17-6-2/h9,11,16H,5-7H2,1-4H3. The Morgan fingerprint density at radius 1 is 1.47 bits per heavy atom. The topological polar surface area (TPSA) is 47.3 Å². The van der Waals surface area contributed by atoms with E-state index in [-0.39, 0.29) is 6.10 Å². The van der Waals surface area contributed by atoms with E-state index in [1.807, 2.05) is 32.4 Å². The van der Waals surface area contributed by atoms with Crippen molar-refractivity contribution in [1.82, 2.24) is 9.78 Å². The Balaban J connectivity index is 2.80. The Bertz CT molecular complexity index is 366. The molecule has 2 atom stereocenters. The maximum Gasteiger partial charge on any atom is 0.0854 e. The zero-order valence-electron chi connectivity index (χ0n) is 10.9. The van der Waals surface area contributed by atoms with E-state index in [1.165, 1.54) is 0 Å². The minimum atomic E-state index is -0.507. The number of rotatable bonds is 6. The van der Waals surface area contributed by atoms with Crippen molar-refractivity contribution in [3.8, 4) is 0 Å². The zero-order valence-corrected chi connectivity index (χ0v) is 12.5. The first-order valence-corrected chi connectivity index (χ1v) is 6.81. The molecule has 0 saturated heterocycles. The highest BCUT2D eigenvalue weighted by atomic mass is 79.9. The van der Waals surface area contributed by atoms with E-state index in [2.05, 4.69) is 21.0 Å². The minimum absolute atomic E-state index is 0.160. The smallest absolute Gasteiger partial charge is 0.0854 e. The van der Waals surface area contributed by atoms with Gasteiger partial charge in [0, 0.05) is 19.6 Å². The summed E-state index contributed by atoms with van der Waals surface area (Å²) >= 11 is 3.52. The lowest BCUT2D eigenvalue weighted by molar-refractivity contribution is -0.0216. The molecule has 4 nitrogen and oxygen atoms in total. The fourth-order valence-corrected chi connectivity index (χ4v) is 2.25. The van der Waals surface area contributed by atoms with Crippen LogP contribution in [0.5, 0.6) is 0 Å². The van der Waals surface area contributed by atoms with Crippen LogP contribution in [-0.4, -0.2) is 33.7 Å². The third-order valence-electron chi connectivity index (χ3n) is 2.83. The maximum absolute atomic E-state index is 10.1. The maximum atomic E-state index is 10.1. The first-order valence-electron chi connectivity index (χ1n) is 6.02. The summed E-state index contributed by atoms with van der Waals surface area (Å²) in [5.41, 5.74) is 1.99. The molecule has 2 unspecified atom stereocenters. The van der Waals surface area contributed by atoms with E-state index in [0.29, 0.717) is 13.0 Å². The second kappa shape index (κ2) is 6.52. The Kier molecular flexibility index (Phi) is 5.62. The number of hydrogen-bond acceptors (Lipinski definition) is 3. The number of aliphatic hydroxyl groups is 1. The summed E-state index contributed by atoms with van der Waals surface area (Å²) < 4.78 is 8.31. The van der Waals surface area contributed by atoms with E-state index in [4.69, 9.17) is 4.74 Å². The Morgan fingerprint density at radius 3 is 2.65 bits per heavy atom. The molecule has 0 aliphatic heterocycles. The van der Waals surface area contributed by atoms with Crippen LogP contribution in [0.3, 0.4) is 0 Å². The third-order valence-corrected chi connectivity index (χ3v) is 3.86.